The first-order chi connectivity index (χ1) is 13.5. The zero-order valence-corrected chi connectivity index (χ0v) is 16.7. The number of methoxy groups -OCH3 is 1. The maximum atomic E-state index is 11.6. The molecule has 0 saturated heterocycles. The molecule has 0 heterocycles. The first kappa shape index (κ1) is 25.4. The number of carboxylic acids is 1. The van der Waals surface area contributed by atoms with E-state index in [2.05, 4.69) is 5.32 Å². The Morgan fingerprint density at radius 3 is 2.32 bits per heavy atom. The number of nitrogens with one attached hydrogen (secondary N) is 1. The fourth-order valence-corrected chi connectivity index (χ4v) is 1.94. The quantitative estimate of drug-likeness (QED) is 0.510. The molecule has 0 fully saturated rings. The lowest BCUT2D eigenvalue weighted by Crippen LogP contribution is -2.37. The molecule has 9 heteroatoms. The Labute approximate surface area is 167 Å². The van der Waals surface area contributed by atoms with Crippen molar-refractivity contribution in [1.29, 1.82) is 0 Å². The lowest BCUT2D eigenvalue weighted by atomic mass is 10.2. The number of amides is 1. The molecular weight excluding hydrogens is 368 g/mol. The van der Waals surface area contributed by atoms with Crippen molar-refractivity contribution in [3.8, 4) is 0 Å². The lowest BCUT2D eigenvalue weighted by molar-refractivity contribution is -0.143. The molecule has 2 N–H and O–H groups in total. The molecule has 28 heavy (non-hydrogen) atoms. The van der Waals surface area contributed by atoms with Crippen molar-refractivity contribution < 1.29 is 35.1 Å². The van der Waals surface area contributed by atoms with Gasteiger partial charge in [0.25, 0.3) is 0 Å². The second-order valence-electron chi connectivity index (χ2n) is 5.30. The summed E-state index contributed by atoms with van der Waals surface area (Å²) in [5.74, 6) is -1.61. The molecule has 160 valence electrons. The molecule has 0 bridgehead atoms. The van der Waals surface area contributed by atoms with Gasteiger partial charge in [0.1, 0.15) is 19.8 Å². The van der Waals surface area contributed by atoms with Crippen LogP contribution in [-0.2, 0) is 30.4 Å². The van der Waals surface area contributed by atoms with E-state index >= 15 is 0 Å². The van der Waals surface area contributed by atoms with Crippen molar-refractivity contribution in [3.05, 3.63) is 35.9 Å². The Morgan fingerprint density at radius 1 is 1.07 bits per heavy atom. The smallest absolute Gasteiger partial charge is 0.407 e. The van der Waals surface area contributed by atoms with Gasteiger partial charge in [-0.2, -0.15) is 0 Å². The van der Waals surface area contributed by atoms with E-state index in [0.29, 0.717) is 13.2 Å². The Balaban J connectivity index is 0. The summed E-state index contributed by atoms with van der Waals surface area (Å²) in [6.07, 6.45) is -0.724. The highest BCUT2D eigenvalue weighted by Crippen LogP contribution is 2.00. The van der Waals surface area contributed by atoms with Crippen molar-refractivity contribution in [3.63, 3.8) is 0 Å². The highest BCUT2D eigenvalue weighted by molar-refractivity contribution is 5.77. The summed E-state index contributed by atoms with van der Waals surface area (Å²) >= 11 is 0. The summed E-state index contributed by atoms with van der Waals surface area (Å²) in [4.78, 5) is 35.4. The van der Waals surface area contributed by atoms with Gasteiger partial charge in [0.15, 0.2) is 0 Å². The van der Waals surface area contributed by atoms with Crippen LogP contribution >= 0.6 is 0 Å². The molecule has 1 rings (SSSR count). The van der Waals surface area contributed by atoms with Crippen LogP contribution < -0.4 is 5.32 Å². The van der Waals surface area contributed by atoms with E-state index in [9.17, 15) is 14.4 Å². The molecule has 0 unspecified atom stereocenters. The summed E-state index contributed by atoms with van der Waals surface area (Å²) in [5.41, 5.74) is 0.833. The van der Waals surface area contributed by atoms with E-state index in [4.69, 9.17) is 19.3 Å². The van der Waals surface area contributed by atoms with Crippen molar-refractivity contribution in [2.75, 3.05) is 46.5 Å². The SMILES string of the molecule is CC.COCCN(CCOC(=O)CNC(=O)OCc1ccccc1)CC(=O)O.[HH]. The zero-order chi connectivity index (χ0) is 21.2. The van der Waals surface area contributed by atoms with Crippen molar-refractivity contribution >= 4 is 18.0 Å². The number of alkyl carbamates (subject to hydrolysis) is 1. The lowest BCUT2D eigenvalue weighted by Gasteiger charge is -2.19. The fraction of sp³-hybridized carbons (Fsp3) is 0.526. The zero-order valence-electron chi connectivity index (χ0n) is 16.7. The predicted octanol–water partition coefficient (Wildman–Crippen LogP) is 1.76. The Kier molecular flexibility index (Phi) is 15.0. The summed E-state index contributed by atoms with van der Waals surface area (Å²) in [5, 5.41) is 11.1. The number of rotatable bonds is 12. The van der Waals surface area contributed by atoms with E-state index in [1.54, 1.807) is 4.90 Å². The van der Waals surface area contributed by atoms with Gasteiger partial charge in [-0.25, -0.2) is 4.79 Å². The summed E-state index contributed by atoms with van der Waals surface area (Å²) in [7, 11) is 1.52. The highest BCUT2D eigenvalue weighted by atomic mass is 16.6. The van der Waals surface area contributed by atoms with Crippen LogP contribution in [0.5, 0.6) is 0 Å². The molecule has 0 aliphatic heterocycles. The molecule has 0 atom stereocenters. The summed E-state index contributed by atoms with van der Waals surface area (Å²) < 4.78 is 14.8. The normalized spacial score (nSPS) is 9.86. The molecule has 0 aromatic heterocycles. The third-order valence-corrected chi connectivity index (χ3v) is 3.23. The van der Waals surface area contributed by atoms with E-state index in [-0.39, 0.29) is 34.3 Å². The number of esters is 1. The summed E-state index contributed by atoms with van der Waals surface area (Å²) in [6.45, 7) is 4.64. The van der Waals surface area contributed by atoms with E-state index in [1.165, 1.54) is 7.11 Å². The molecule has 1 aromatic carbocycles. The topological polar surface area (TPSA) is 114 Å². The number of aliphatic carboxylic acids is 1. The molecule has 0 aliphatic carbocycles. The monoisotopic (exact) mass is 400 g/mol. The Hall–Kier alpha value is -2.65. The van der Waals surface area contributed by atoms with Gasteiger partial charge in [-0.1, -0.05) is 44.2 Å². The van der Waals surface area contributed by atoms with E-state index in [0.717, 1.165) is 5.56 Å². The van der Waals surface area contributed by atoms with Crippen molar-refractivity contribution in [2.45, 2.75) is 20.5 Å². The molecule has 0 aliphatic rings. The standard InChI is InChI=1S/C17H24N2O7.C2H6.H2/c1-24-9-7-19(12-15(20)21)8-10-25-16(22)11-18-17(23)26-13-14-5-3-2-4-6-14;1-2;/h2-6H,7-13H2,1H3,(H,18,23)(H,20,21);1-2H3;1H. The summed E-state index contributed by atoms with van der Waals surface area (Å²) in [6, 6.07) is 9.14. The number of hydrogen-bond acceptors (Lipinski definition) is 7. The molecule has 0 radical (unpaired) electrons. The molecule has 1 aromatic rings. The number of benzene rings is 1. The molecular formula is C19H32N2O7. The Bertz CT molecular complexity index is 573. The van der Waals surface area contributed by atoms with Crippen molar-refractivity contribution in [2.24, 2.45) is 0 Å². The average Bonchev–Trinajstić information content (AvgIpc) is 2.70. The van der Waals surface area contributed by atoms with Gasteiger partial charge < -0.3 is 24.6 Å². The van der Waals surface area contributed by atoms with Gasteiger partial charge in [-0.05, 0) is 5.56 Å². The third kappa shape index (κ3) is 13.5. The van der Waals surface area contributed by atoms with Crippen LogP contribution in [0.25, 0.3) is 0 Å². The minimum atomic E-state index is -0.977. The second-order valence-corrected chi connectivity index (χ2v) is 5.30. The maximum absolute atomic E-state index is 11.6. The van der Waals surface area contributed by atoms with Crippen LogP contribution in [0.15, 0.2) is 30.3 Å². The van der Waals surface area contributed by atoms with Crippen molar-refractivity contribution in [1.82, 2.24) is 10.2 Å². The van der Waals surface area contributed by atoms with Crippen LogP contribution in [-0.4, -0.2) is 74.5 Å². The van der Waals surface area contributed by atoms with Crippen LogP contribution in [0.3, 0.4) is 0 Å². The second kappa shape index (κ2) is 16.5. The number of carboxylic acid groups (broad SMARTS) is 1. The molecule has 0 spiro atoms. The van der Waals surface area contributed by atoms with Gasteiger partial charge in [-0.3, -0.25) is 14.5 Å². The van der Waals surface area contributed by atoms with Crippen LogP contribution in [0.2, 0.25) is 0 Å². The minimum Gasteiger partial charge on any atom is -0.480 e. The molecule has 9 nitrogen and oxygen atoms in total. The van der Waals surface area contributed by atoms with Crippen LogP contribution in [0, 0.1) is 0 Å². The van der Waals surface area contributed by atoms with E-state index < -0.39 is 18.0 Å². The van der Waals surface area contributed by atoms with Gasteiger partial charge in [0, 0.05) is 21.6 Å². The molecule has 1 amide bonds. The van der Waals surface area contributed by atoms with Gasteiger partial charge in [0.2, 0.25) is 0 Å². The number of nitrogens with zero attached hydrogens (tertiary/aromatic N) is 1. The van der Waals surface area contributed by atoms with Gasteiger partial charge in [-0.15, -0.1) is 0 Å². The maximum Gasteiger partial charge on any atom is 0.407 e. The van der Waals surface area contributed by atoms with E-state index in [1.807, 2.05) is 44.2 Å². The van der Waals surface area contributed by atoms with Crippen LogP contribution in [0.1, 0.15) is 20.8 Å². The fourth-order valence-electron chi connectivity index (χ4n) is 1.94. The average molecular weight is 400 g/mol. The van der Waals surface area contributed by atoms with Crippen LogP contribution in [0.4, 0.5) is 4.79 Å². The first-order valence-corrected chi connectivity index (χ1v) is 9.04. The first-order valence-electron chi connectivity index (χ1n) is 9.04. The number of carbonyl (C=O) groups excluding carboxylic acids is 2. The number of carbonyl (C=O) groups is 3. The third-order valence-electron chi connectivity index (χ3n) is 3.23. The minimum absolute atomic E-state index is 0. The predicted molar refractivity (Wildman–Crippen MR) is 105 cm³/mol. The number of hydrogen-bond donors (Lipinski definition) is 2. The highest BCUT2D eigenvalue weighted by Gasteiger charge is 2.12. The van der Waals surface area contributed by atoms with Gasteiger partial charge >= 0.3 is 18.0 Å². The Morgan fingerprint density at radius 2 is 1.71 bits per heavy atom. The van der Waals surface area contributed by atoms with Gasteiger partial charge in [0.05, 0.1) is 13.2 Å². The largest absolute Gasteiger partial charge is 0.480 e. The molecule has 0 saturated carbocycles. The number of ether oxygens (including phenoxy) is 3.